The van der Waals surface area contributed by atoms with Crippen molar-refractivity contribution in [3.63, 3.8) is 0 Å². The first kappa shape index (κ1) is 12.7. The lowest BCUT2D eigenvalue weighted by atomic mass is 10.5. The lowest BCUT2D eigenvalue weighted by Gasteiger charge is -2.02. The molecule has 1 amide bonds. The van der Waals surface area contributed by atoms with E-state index in [4.69, 9.17) is 5.73 Å². The van der Waals surface area contributed by atoms with Gasteiger partial charge >= 0.3 is 0 Å². The first-order valence-electron chi connectivity index (χ1n) is 4.63. The highest BCUT2D eigenvalue weighted by molar-refractivity contribution is 7.90. The molecule has 0 spiro atoms. The average molecular weight is 246 g/mol. The molecule has 0 saturated carbocycles. The van der Waals surface area contributed by atoms with Gasteiger partial charge in [-0.2, -0.15) is 5.10 Å². The van der Waals surface area contributed by atoms with E-state index in [0.717, 1.165) is 6.26 Å². The molecule has 3 N–H and O–H groups in total. The van der Waals surface area contributed by atoms with Gasteiger partial charge < -0.3 is 11.1 Å². The van der Waals surface area contributed by atoms with Gasteiger partial charge in [-0.05, 0) is 0 Å². The van der Waals surface area contributed by atoms with Gasteiger partial charge in [-0.3, -0.25) is 9.48 Å². The Kier molecular flexibility index (Phi) is 4.02. The largest absolute Gasteiger partial charge is 0.353 e. The number of amides is 1. The van der Waals surface area contributed by atoms with Crippen LogP contribution in [0.1, 0.15) is 0 Å². The molecule has 0 aliphatic rings. The summed E-state index contributed by atoms with van der Waals surface area (Å²) in [6.45, 7) is 0.730. The predicted octanol–water partition coefficient (Wildman–Crippen LogP) is -1.64. The number of nitrogens with two attached hydrogens (primary N) is 1. The Labute approximate surface area is 93.5 Å². The van der Waals surface area contributed by atoms with E-state index >= 15 is 0 Å². The number of hydrogen-bond donors (Lipinski definition) is 2. The Bertz CT molecular complexity index is 465. The van der Waals surface area contributed by atoms with Gasteiger partial charge in [0.1, 0.15) is 11.4 Å². The summed E-state index contributed by atoms with van der Waals surface area (Å²) in [5, 5.41) is 6.33. The molecular formula is C8H14N4O3S. The highest BCUT2D eigenvalue weighted by Gasteiger charge is 2.11. The van der Waals surface area contributed by atoms with E-state index in [-0.39, 0.29) is 17.3 Å². The number of nitrogens with zero attached hydrogens (tertiary/aromatic N) is 2. The monoisotopic (exact) mass is 246 g/mol. The first-order valence-corrected chi connectivity index (χ1v) is 6.52. The summed E-state index contributed by atoms with van der Waals surface area (Å²) in [4.78, 5) is 11.3. The molecule has 8 heteroatoms. The standard InChI is InChI=1S/C8H14N4O3S/c1-16(14,15)7-4-11-12(5-7)6-8(13)10-3-2-9/h4-5H,2-3,6,9H2,1H3,(H,10,13). The normalized spacial score (nSPS) is 11.4. The summed E-state index contributed by atoms with van der Waals surface area (Å²) >= 11 is 0. The van der Waals surface area contributed by atoms with E-state index in [1.807, 2.05) is 0 Å². The molecule has 0 atom stereocenters. The zero-order chi connectivity index (χ0) is 12.2. The quantitative estimate of drug-likeness (QED) is 0.648. The fourth-order valence-corrected chi connectivity index (χ4v) is 1.59. The van der Waals surface area contributed by atoms with Gasteiger partial charge in [-0.15, -0.1) is 0 Å². The molecule has 0 aromatic carbocycles. The van der Waals surface area contributed by atoms with Crippen molar-refractivity contribution in [2.24, 2.45) is 5.73 Å². The minimum absolute atomic E-state index is 0.0183. The van der Waals surface area contributed by atoms with Gasteiger partial charge in [0.25, 0.3) is 0 Å². The summed E-state index contributed by atoms with van der Waals surface area (Å²) in [7, 11) is -3.27. The van der Waals surface area contributed by atoms with E-state index in [2.05, 4.69) is 10.4 Å². The zero-order valence-electron chi connectivity index (χ0n) is 8.88. The number of carbonyl (C=O) groups is 1. The van der Waals surface area contributed by atoms with Gasteiger partial charge in [0.2, 0.25) is 5.91 Å². The summed E-state index contributed by atoms with van der Waals surface area (Å²) in [5.74, 6) is -0.256. The molecule has 1 rings (SSSR count). The minimum Gasteiger partial charge on any atom is -0.353 e. The third-order valence-corrected chi connectivity index (χ3v) is 2.88. The summed E-state index contributed by atoms with van der Waals surface area (Å²) in [5.41, 5.74) is 5.21. The van der Waals surface area contributed by atoms with E-state index in [1.54, 1.807) is 0 Å². The van der Waals surface area contributed by atoms with Crippen molar-refractivity contribution in [1.82, 2.24) is 15.1 Å². The maximum atomic E-state index is 11.3. The maximum Gasteiger partial charge on any atom is 0.241 e. The first-order chi connectivity index (χ1) is 7.43. The van der Waals surface area contributed by atoms with Crippen molar-refractivity contribution in [3.8, 4) is 0 Å². The van der Waals surface area contributed by atoms with Crippen molar-refractivity contribution >= 4 is 15.7 Å². The highest BCUT2D eigenvalue weighted by atomic mass is 32.2. The fourth-order valence-electron chi connectivity index (χ4n) is 1.04. The van der Waals surface area contributed by atoms with Crippen LogP contribution < -0.4 is 11.1 Å². The summed E-state index contributed by atoms with van der Waals surface area (Å²) in [6.07, 6.45) is 3.62. The highest BCUT2D eigenvalue weighted by Crippen LogP contribution is 2.05. The lowest BCUT2D eigenvalue weighted by molar-refractivity contribution is -0.121. The number of carbonyl (C=O) groups excluding carboxylic acids is 1. The van der Waals surface area contributed by atoms with E-state index in [1.165, 1.54) is 17.1 Å². The summed E-state index contributed by atoms with van der Waals surface area (Å²) < 4.78 is 23.5. The van der Waals surface area contributed by atoms with Crippen LogP contribution in [0.15, 0.2) is 17.3 Å². The van der Waals surface area contributed by atoms with Crippen LogP contribution in [0.2, 0.25) is 0 Å². The van der Waals surface area contributed by atoms with Crippen LogP contribution >= 0.6 is 0 Å². The SMILES string of the molecule is CS(=O)(=O)c1cnn(CC(=O)NCCN)c1. The van der Waals surface area contributed by atoms with E-state index in [0.29, 0.717) is 13.1 Å². The van der Waals surface area contributed by atoms with Crippen molar-refractivity contribution < 1.29 is 13.2 Å². The van der Waals surface area contributed by atoms with E-state index < -0.39 is 9.84 Å². The third-order valence-electron chi connectivity index (χ3n) is 1.81. The van der Waals surface area contributed by atoms with Crippen LogP contribution in [-0.4, -0.2) is 43.5 Å². The van der Waals surface area contributed by atoms with Crippen LogP contribution in [-0.2, 0) is 21.2 Å². The van der Waals surface area contributed by atoms with Crippen molar-refractivity contribution in [2.45, 2.75) is 11.4 Å². The van der Waals surface area contributed by atoms with Gasteiger partial charge in [0.15, 0.2) is 9.84 Å². The molecule has 0 saturated heterocycles. The van der Waals surface area contributed by atoms with Gasteiger partial charge in [-0.25, -0.2) is 8.42 Å². The van der Waals surface area contributed by atoms with Crippen molar-refractivity contribution in [1.29, 1.82) is 0 Å². The minimum atomic E-state index is -3.27. The zero-order valence-corrected chi connectivity index (χ0v) is 9.70. The van der Waals surface area contributed by atoms with Crippen molar-refractivity contribution in [2.75, 3.05) is 19.3 Å². The Morgan fingerprint density at radius 1 is 1.62 bits per heavy atom. The molecule has 1 heterocycles. The number of aromatic nitrogens is 2. The number of hydrogen-bond acceptors (Lipinski definition) is 5. The molecule has 0 aliphatic carbocycles. The smallest absolute Gasteiger partial charge is 0.241 e. The molecule has 1 aromatic heterocycles. The van der Waals surface area contributed by atoms with Gasteiger partial charge in [-0.1, -0.05) is 0 Å². The van der Waals surface area contributed by atoms with Crippen LogP contribution in [0.25, 0.3) is 0 Å². The Morgan fingerprint density at radius 2 is 2.31 bits per heavy atom. The molecule has 0 aliphatic heterocycles. The second-order valence-electron chi connectivity index (χ2n) is 3.28. The molecule has 16 heavy (non-hydrogen) atoms. The van der Waals surface area contributed by atoms with Crippen molar-refractivity contribution in [3.05, 3.63) is 12.4 Å². The molecule has 7 nitrogen and oxygen atoms in total. The van der Waals surface area contributed by atoms with Crippen LogP contribution in [0, 0.1) is 0 Å². The third kappa shape index (κ3) is 3.63. The fraction of sp³-hybridized carbons (Fsp3) is 0.500. The molecule has 0 bridgehead atoms. The van der Waals surface area contributed by atoms with Gasteiger partial charge in [0, 0.05) is 25.5 Å². The maximum absolute atomic E-state index is 11.3. The van der Waals surface area contributed by atoms with Gasteiger partial charge in [0.05, 0.1) is 6.20 Å². The van der Waals surface area contributed by atoms with Crippen LogP contribution in [0.5, 0.6) is 0 Å². The number of rotatable bonds is 5. The average Bonchev–Trinajstić information content (AvgIpc) is 2.62. The second kappa shape index (κ2) is 5.08. The molecule has 0 fully saturated rings. The Hall–Kier alpha value is -1.41. The van der Waals surface area contributed by atoms with Crippen LogP contribution in [0.4, 0.5) is 0 Å². The summed E-state index contributed by atoms with van der Waals surface area (Å²) in [6, 6.07) is 0. The molecule has 0 unspecified atom stereocenters. The Balaban J connectivity index is 2.63. The molecule has 90 valence electrons. The Morgan fingerprint density at radius 3 is 2.81 bits per heavy atom. The molecule has 1 aromatic rings. The topological polar surface area (TPSA) is 107 Å². The van der Waals surface area contributed by atoms with Crippen LogP contribution in [0.3, 0.4) is 0 Å². The molecule has 0 radical (unpaired) electrons. The molecular weight excluding hydrogens is 232 g/mol. The second-order valence-corrected chi connectivity index (χ2v) is 5.30. The number of nitrogens with one attached hydrogen (secondary N) is 1. The van der Waals surface area contributed by atoms with E-state index in [9.17, 15) is 13.2 Å². The predicted molar refractivity (Wildman–Crippen MR) is 57.4 cm³/mol. The lowest BCUT2D eigenvalue weighted by Crippen LogP contribution is -2.32. The number of sulfone groups is 1.